The third-order valence-corrected chi connectivity index (χ3v) is 2.62. The molecule has 0 heterocycles. The molecule has 0 aromatic heterocycles. The molecule has 5 heteroatoms. The number of ether oxygens (including phenoxy) is 2. The molecule has 0 amide bonds. The number of halogens is 2. The fourth-order valence-corrected chi connectivity index (χ4v) is 1.68. The first-order chi connectivity index (χ1) is 7.88. The first kappa shape index (κ1) is 13.7. The molecule has 0 radical (unpaired) electrons. The summed E-state index contributed by atoms with van der Waals surface area (Å²) in [6.07, 6.45) is 0. The van der Waals surface area contributed by atoms with Crippen LogP contribution in [-0.2, 0) is 5.41 Å². The van der Waals surface area contributed by atoms with E-state index in [9.17, 15) is 13.9 Å². The van der Waals surface area contributed by atoms with Gasteiger partial charge in [0.1, 0.15) is 0 Å². The van der Waals surface area contributed by atoms with E-state index in [1.807, 2.05) is 0 Å². The maximum absolute atomic E-state index is 13.6. The van der Waals surface area contributed by atoms with Gasteiger partial charge in [0.05, 0.1) is 26.4 Å². The van der Waals surface area contributed by atoms with E-state index < -0.39 is 17.0 Å². The van der Waals surface area contributed by atoms with E-state index in [1.54, 1.807) is 13.8 Å². The number of benzene rings is 1. The Bertz CT molecular complexity index is 388. The number of hydrogen-bond donors (Lipinski definition) is 1. The van der Waals surface area contributed by atoms with Crippen LogP contribution in [0.15, 0.2) is 6.07 Å². The third kappa shape index (κ3) is 2.34. The minimum atomic E-state index is -0.875. The van der Waals surface area contributed by atoms with Gasteiger partial charge in [-0.1, -0.05) is 13.8 Å². The summed E-state index contributed by atoms with van der Waals surface area (Å²) in [6.45, 7) is 3.00. The monoisotopic (exact) mass is 246 g/mol. The van der Waals surface area contributed by atoms with Crippen molar-refractivity contribution < 1.29 is 23.4 Å². The van der Waals surface area contributed by atoms with Crippen LogP contribution in [0.2, 0.25) is 0 Å². The van der Waals surface area contributed by atoms with Crippen molar-refractivity contribution in [3.8, 4) is 11.5 Å². The van der Waals surface area contributed by atoms with E-state index in [-0.39, 0.29) is 23.7 Å². The molecule has 0 unspecified atom stereocenters. The molecule has 1 N–H and O–H groups in total. The van der Waals surface area contributed by atoms with Crippen LogP contribution < -0.4 is 9.47 Å². The number of rotatable bonds is 4. The van der Waals surface area contributed by atoms with Gasteiger partial charge in [0.15, 0.2) is 23.1 Å². The highest BCUT2D eigenvalue weighted by Gasteiger charge is 2.32. The highest BCUT2D eigenvalue weighted by atomic mass is 19.1. The second-order valence-corrected chi connectivity index (χ2v) is 4.32. The predicted octanol–water partition coefficient (Wildman–Crippen LogP) is 2.25. The fraction of sp³-hybridized carbons (Fsp3) is 0.500. The Morgan fingerprint density at radius 1 is 1.12 bits per heavy atom. The molecule has 0 atom stereocenters. The largest absolute Gasteiger partial charge is 0.493 e. The Labute approximate surface area is 99.0 Å². The van der Waals surface area contributed by atoms with Gasteiger partial charge in [-0.2, -0.15) is 0 Å². The van der Waals surface area contributed by atoms with Gasteiger partial charge < -0.3 is 14.6 Å². The molecule has 0 fully saturated rings. The summed E-state index contributed by atoms with van der Waals surface area (Å²) in [5.41, 5.74) is -0.692. The summed E-state index contributed by atoms with van der Waals surface area (Å²) in [5.74, 6) is -1.85. The van der Waals surface area contributed by atoms with Crippen LogP contribution in [0.25, 0.3) is 0 Å². The zero-order valence-electron chi connectivity index (χ0n) is 10.3. The highest BCUT2D eigenvalue weighted by molar-refractivity contribution is 5.51. The van der Waals surface area contributed by atoms with Crippen molar-refractivity contribution in [2.45, 2.75) is 19.3 Å². The lowest BCUT2D eigenvalue weighted by molar-refractivity contribution is 0.208. The van der Waals surface area contributed by atoms with Gasteiger partial charge in [-0.15, -0.1) is 0 Å². The van der Waals surface area contributed by atoms with Gasteiger partial charge >= 0.3 is 0 Å². The average molecular weight is 246 g/mol. The number of methoxy groups -OCH3 is 2. The lowest BCUT2D eigenvalue weighted by Crippen LogP contribution is -2.24. The zero-order chi connectivity index (χ0) is 13.2. The number of aliphatic hydroxyl groups excluding tert-OH is 1. The minimum Gasteiger partial charge on any atom is -0.493 e. The summed E-state index contributed by atoms with van der Waals surface area (Å²) in [7, 11) is 2.57. The van der Waals surface area contributed by atoms with E-state index in [4.69, 9.17) is 9.47 Å². The molecule has 1 aromatic rings. The smallest absolute Gasteiger partial charge is 0.168 e. The SMILES string of the molecule is COc1c(F)cc(F)c(OC)c1C(C)(C)CO. The molecule has 0 spiro atoms. The molecule has 1 rings (SSSR count). The molecule has 0 aliphatic rings. The lowest BCUT2D eigenvalue weighted by Gasteiger charge is -2.27. The van der Waals surface area contributed by atoms with Gasteiger partial charge in [0, 0.05) is 11.5 Å². The molecule has 0 aliphatic heterocycles. The summed E-state index contributed by atoms with van der Waals surface area (Å²) < 4.78 is 37.0. The van der Waals surface area contributed by atoms with E-state index in [2.05, 4.69) is 0 Å². The Hall–Kier alpha value is -1.36. The van der Waals surface area contributed by atoms with Crippen molar-refractivity contribution in [2.24, 2.45) is 0 Å². The van der Waals surface area contributed by atoms with Crippen molar-refractivity contribution >= 4 is 0 Å². The van der Waals surface area contributed by atoms with Crippen molar-refractivity contribution in [3.63, 3.8) is 0 Å². The summed E-state index contributed by atoms with van der Waals surface area (Å²) in [6, 6.07) is 0.703. The normalized spacial score (nSPS) is 11.5. The molecule has 1 aromatic carbocycles. The number of hydrogen-bond acceptors (Lipinski definition) is 3. The van der Waals surface area contributed by atoms with Crippen molar-refractivity contribution in [1.29, 1.82) is 0 Å². The summed E-state index contributed by atoms with van der Waals surface area (Å²) in [4.78, 5) is 0. The molecule has 3 nitrogen and oxygen atoms in total. The van der Waals surface area contributed by atoms with Crippen LogP contribution in [0.4, 0.5) is 8.78 Å². The van der Waals surface area contributed by atoms with E-state index in [1.165, 1.54) is 14.2 Å². The topological polar surface area (TPSA) is 38.7 Å². The molecule has 0 saturated heterocycles. The average Bonchev–Trinajstić information content (AvgIpc) is 2.28. The standard InChI is InChI=1S/C12H16F2O3/c1-12(2,6-15)9-10(16-3)7(13)5-8(14)11(9)17-4/h5,15H,6H2,1-4H3. The van der Waals surface area contributed by atoms with Crippen LogP contribution in [0.3, 0.4) is 0 Å². The Morgan fingerprint density at radius 2 is 1.53 bits per heavy atom. The van der Waals surface area contributed by atoms with Crippen LogP contribution in [0.5, 0.6) is 11.5 Å². The van der Waals surface area contributed by atoms with E-state index >= 15 is 0 Å². The first-order valence-corrected chi connectivity index (χ1v) is 5.10. The lowest BCUT2D eigenvalue weighted by atomic mass is 9.84. The van der Waals surface area contributed by atoms with Crippen molar-refractivity contribution in [3.05, 3.63) is 23.3 Å². The molecular weight excluding hydrogens is 230 g/mol. The van der Waals surface area contributed by atoms with Crippen LogP contribution in [-0.4, -0.2) is 25.9 Å². The van der Waals surface area contributed by atoms with Gasteiger partial charge in [0.2, 0.25) is 0 Å². The van der Waals surface area contributed by atoms with Crippen molar-refractivity contribution in [2.75, 3.05) is 20.8 Å². The minimum absolute atomic E-state index is 0.109. The fourth-order valence-electron chi connectivity index (χ4n) is 1.68. The van der Waals surface area contributed by atoms with E-state index in [0.717, 1.165) is 0 Å². The molecule has 0 saturated carbocycles. The maximum Gasteiger partial charge on any atom is 0.168 e. The summed E-state index contributed by atoms with van der Waals surface area (Å²) in [5, 5.41) is 9.31. The Morgan fingerprint density at radius 3 is 1.82 bits per heavy atom. The van der Waals surface area contributed by atoms with Gasteiger partial charge in [-0.3, -0.25) is 0 Å². The second kappa shape index (κ2) is 4.87. The maximum atomic E-state index is 13.6. The predicted molar refractivity (Wildman–Crippen MR) is 59.6 cm³/mol. The van der Waals surface area contributed by atoms with Crippen LogP contribution in [0, 0.1) is 11.6 Å². The molecule has 96 valence electrons. The zero-order valence-corrected chi connectivity index (χ0v) is 10.3. The quantitative estimate of drug-likeness (QED) is 0.885. The van der Waals surface area contributed by atoms with Crippen LogP contribution in [0.1, 0.15) is 19.4 Å². The van der Waals surface area contributed by atoms with E-state index in [0.29, 0.717) is 6.07 Å². The van der Waals surface area contributed by atoms with Crippen molar-refractivity contribution in [1.82, 2.24) is 0 Å². The highest BCUT2D eigenvalue weighted by Crippen LogP contribution is 2.41. The number of aliphatic hydroxyl groups is 1. The molecule has 0 bridgehead atoms. The van der Waals surface area contributed by atoms with Gasteiger partial charge in [-0.25, -0.2) is 8.78 Å². The van der Waals surface area contributed by atoms with Gasteiger partial charge in [0.25, 0.3) is 0 Å². The molecule has 0 aliphatic carbocycles. The third-order valence-electron chi connectivity index (χ3n) is 2.62. The summed E-state index contributed by atoms with van der Waals surface area (Å²) >= 11 is 0. The Balaban J connectivity index is 3.63. The molecule has 17 heavy (non-hydrogen) atoms. The second-order valence-electron chi connectivity index (χ2n) is 4.32. The van der Waals surface area contributed by atoms with Crippen LogP contribution >= 0.6 is 0 Å². The first-order valence-electron chi connectivity index (χ1n) is 5.10. The van der Waals surface area contributed by atoms with Gasteiger partial charge in [-0.05, 0) is 0 Å². The molecular formula is C12H16F2O3. The Kier molecular flexibility index (Phi) is 3.93.